The van der Waals surface area contributed by atoms with Crippen LogP contribution in [0.2, 0.25) is 5.02 Å². The van der Waals surface area contributed by atoms with Gasteiger partial charge < -0.3 is 10.6 Å². The minimum Gasteiger partial charge on any atom is -0.384 e. The normalized spacial score (nSPS) is 15.6. The predicted octanol–water partition coefficient (Wildman–Crippen LogP) is 5.81. The molecule has 4 rings (SSSR count). The summed E-state index contributed by atoms with van der Waals surface area (Å²) in [5.41, 5.74) is 3.25. The molecule has 1 aliphatic rings. The summed E-state index contributed by atoms with van der Waals surface area (Å²) < 4.78 is 41.7. The van der Waals surface area contributed by atoms with Gasteiger partial charge in [-0.1, -0.05) is 55.1 Å². The Morgan fingerprint density at radius 1 is 1.15 bits per heavy atom. The fourth-order valence-corrected chi connectivity index (χ4v) is 6.30. The van der Waals surface area contributed by atoms with E-state index in [9.17, 15) is 12.8 Å². The summed E-state index contributed by atoms with van der Waals surface area (Å²) in [5, 5.41) is 8.69. The van der Waals surface area contributed by atoms with E-state index < -0.39 is 20.7 Å². The van der Waals surface area contributed by atoms with Crippen molar-refractivity contribution < 1.29 is 12.8 Å². The zero-order chi connectivity index (χ0) is 24.0. The molecular weight excluding hydrogens is 495 g/mol. The van der Waals surface area contributed by atoms with Crippen molar-refractivity contribution in [3.8, 4) is 0 Å². The highest BCUT2D eigenvalue weighted by Gasteiger charge is 2.22. The van der Waals surface area contributed by atoms with Gasteiger partial charge in [0.15, 0.2) is 5.13 Å². The molecule has 2 heterocycles. The summed E-state index contributed by atoms with van der Waals surface area (Å²) in [5.74, 6) is -0.863. The smallest absolute Gasteiger partial charge is 0.266 e. The molecule has 3 N–H and O–H groups in total. The van der Waals surface area contributed by atoms with Gasteiger partial charge in [-0.15, -0.1) is 11.3 Å². The molecular formula is C24H28ClFN4O2S2. The molecule has 1 atom stereocenters. The average Bonchev–Trinajstić information content (AvgIpc) is 3.32. The molecule has 0 saturated heterocycles. The SMILES string of the molecule is O=S(=O)(Nc1nccs1)c1cc(Cl)c(NCCCCCCC2Cc3ccccc3CN2)cc1F. The maximum atomic E-state index is 14.6. The van der Waals surface area contributed by atoms with Crippen molar-refractivity contribution in [3.63, 3.8) is 0 Å². The summed E-state index contributed by atoms with van der Waals surface area (Å²) in [6, 6.07) is 11.4. The summed E-state index contributed by atoms with van der Waals surface area (Å²) in [4.78, 5) is 3.36. The third-order valence-corrected chi connectivity index (χ3v) is 8.41. The predicted molar refractivity (Wildman–Crippen MR) is 137 cm³/mol. The van der Waals surface area contributed by atoms with Crippen molar-refractivity contribution in [2.75, 3.05) is 16.6 Å². The van der Waals surface area contributed by atoms with E-state index >= 15 is 0 Å². The molecule has 10 heteroatoms. The van der Waals surface area contributed by atoms with Crippen LogP contribution in [-0.4, -0.2) is 26.0 Å². The number of thiazole rings is 1. The van der Waals surface area contributed by atoms with Crippen LogP contribution in [0.3, 0.4) is 0 Å². The van der Waals surface area contributed by atoms with E-state index in [0.717, 1.165) is 68.5 Å². The Morgan fingerprint density at radius 3 is 2.74 bits per heavy atom. The van der Waals surface area contributed by atoms with Gasteiger partial charge in [-0.3, -0.25) is 4.72 Å². The maximum Gasteiger partial charge on any atom is 0.266 e. The Balaban J connectivity index is 1.18. The van der Waals surface area contributed by atoms with Crippen molar-refractivity contribution in [1.82, 2.24) is 10.3 Å². The molecule has 1 aliphatic heterocycles. The van der Waals surface area contributed by atoms with Crippen molar-refractivity contribution in [1.29, 1.82) is 0 Å². The molecule has 0 bridgehead atoms. The third-order valence-electron chi connectivity index (χ3n) is 5.93. The van der Waals surface area contributed by atoms with Crippen LogP contribution >= 0.6 is 22.9 Å². The second-order valence-electron chi connectivity index (χ2n) is 8.39. The van der Waals surface area contributed by atoms with Crippen LogP contribution < -0.4 is 15.4 Å². The van der Waals surface area contributed by atoms with Crippen LogP contribution in [0, 0.1) is 5.82 Å². The van der Waals surface area contributed by atoms with Gasteiger partial charge in [-0.2, -0.15) is 0 Å². The van der Waals surface area contributed by atoms with E-state index in [1.807, 2.05) is 0 Å². The molecule has 0 aliphatic carbocycles. The first-order valence-corrected chi connectivity index (χ1v) is 14.1. The largest absolute Gasteiger partial charge is 0.384 e. The molecule has 1 unspecified atom stereocenters. The number of rotatable bonds is 11. The summed E-state index contributed by atoms with van der Waals surface area (Å²) in [7, 11) is -4.11. The van der Waals surface area contributed by atoms with Crippen LogP contribution in [0.1, 0.15) is 43.2 Å². The van der Waals surface area contributed by atoms with Gasteiger partial charge in [0, 0.05) is 30.7 Å². The van der Waals surface area contributed by atoms with E-state index in [1.54, 1.807) is 5.38 Å². The Morgan fingerprint density at radius 2 is 1.94 bits per heavy atom. The third kappa shape index (κ3) is 6.47. The van der Waals surface area contributed by atoms with Crippen LogP contribution in [0.15, 0.2) is 52.9 Å². The Bertz CT molecular complexity index is 1210. The van der Waals surface area contributed by atoms with Crippen molar-refractivity contribution in [2.45, 2.75) is 56.0 Å². The first kappa shape index (κ1) is 24.9. The second kappa shape index (κ2) is 11.5. The first-order valence-electron chi connectivity index (χ1n) is 11.4. The molecule has 0 radical (unpaired) electrons. The highest BCUT2D eigenvalue weighted by Crippen LogP contribution is 2.29. The number of halogens is 2. The number of hydrogen-bond acceptors (Lipinski definition) is 6. The summed E-state index contributed by atoms with van der Waals surface area (Å²) in [6.45, 7) is 1.58. The first-order chi connectivity index (χ1) is 16.4. The number of unbranched alkanes of at least 4 members (excludes halogenated alkanes) is 3. The van der Waals surface area contributed by atoms with E-state index in [4.69, 9.17) is 11.6 Å². The lowest BCUT2D eigenvalue weighted by molar-refractivity contribution is 0.431. The lowest BCUT2D eigenvalue weighted by atomic mass is 9.93. The lowest BCUT2D eigenvalue weighted by Gasteiger charge is -2.26. The van der Waals surface area contributed by atoms with Crippen LogP contribution in [0.4, 0.5) is 15.2 Å². The molecule has 2 aromatic carbocycles. The Hall–Kier alpha value is -2.20. The number of hydrogen-bond donors (Lipinski definition) is 3. The van der Waals surface area contributed by atoms with Crippen LogP contribution in [0.25, 0.3) is 0 Å². The molecule has 34 heavy (non-hydrogen) atoms. The van der Waals surface area contributed by atoms with Crippen molar-refractivity contribution >= 4 is 43.8 Å². The topological polar surface area (TPSA) is 83.1 Å². The number of aromatic nitrogens is 1. The average molecular weight is 523 g/mol. The van der Waals surface area contributed by atoms with E-state index in [-0.39, 0.29) is 10.2 Å². The number of nitrogens with zero attached hydrogens (tertiary/aromatic N) is 1. The standard InChI is InChI=1S/C24H28ClFN4O2S2/c25-20-14-23(34(31,32)30-24-28-11-12-33-24)21(26)15-22(20)27-10-6-2-1-3-9-19-13-17-7-4-5-8-18(17)16-29-19/h4-5,7-8,11-12,14-15,19,27,29H,1-3,6,9-10,13,16H2,(H,28,30). The highest BCUT2D eigenvalue weighted by atomic mass is 35.5. The Kier molecular flexibility index (Phi) is 8.41. The van der Waals surface area contributed by atoms with E-state index in [1.165, 1.54) is 17.3 Å². The number of benzene rings is 2. The Labute approximate surface area is 209 Å². The van der Waals surface area contributed by atoms with Gasteiger partial charge in [-0.25, -0.2) is 17.8 Å². The van der Waals surface area contributed by atoms with Gasteiger partial charge >= 0.3 is 0 Å². The van der Waals surface area contributed by atoms with Gasteiger partial charge in [0.2, 0.25) is 0 Å². The van der Waals surface area contributed by atoms with Gasteiger partial charge in [0.25, 0.3) is 10.0 Å². The number of nitrogens with one attached hydrogen (secondary N) is 3. The lowest BCUT2D eigenvalue weighted by Crippen LogP contribution is -2.35. The monoisotopic (exact) mass is 522 g/mol. The fraction of sp³-hybridized carbons (Fsp3) is 0.375. The zero-order valence-corrected chi connectivity index (χ0v) is 21.1. The van der Waals surface area contributed by atoms with Crippen molar-refractivity contribution in [2.24, 2.45) is 0 Å². The van der Waals surface area contributed by atoms with Gasteiger partial charge in [0.1, 0.15) is 10.7 Å². The highest BCUT2D eigenvalue weighted by molar-refractivity contribution is 7.93. The molecule has 0 fully saturated rings. The van der Waals surface area contributed by atoms with E-state index in [0.29, 0.717) is 18.3 Å². The van der Waals surface area contributed by atoms with Crippen molar-refractivity contribution in [3.05, 3.63) is 69.9 Å². The molecule has 6 nitrogen and oxygen atoms in total. The molecule has 1 aromatic heterocycles. The van der Waals surface area contributed by atoms with Gasteiger partial charge in [0.05, 0.1) is 10.7 Å². The van der Waals surface area contributed by atoms with Gasteiger partial charge in [-0.05, 0) is 42.5 Å². The molecule has 0 spiro atoms. The van der Waals surface area contributed by atoms with Crippen LogP contribution in [-0.2, 0) is 23.0 Å². The fourth-order valence-electron chi connectivity index (χ4n) is 4.13. The minimum absolute atomic E-state index is 0.157. The zero-order valence-electron chi connectivity index (χ0n) is 18.7. The number of sulfonamides is 1. The molecule has 0 saturated carbocycles. The number of fused-ring (bicyclic) bond motifs is 1. The summed E-state index contributed by atoms with van der Waals surface area (Å²) >= 11 is 7.34. The van der Waals surface area contributed by atoms with Crippen LogP contribution in [0.5, 0.6) is 0 Å². The number of anilines is 2. The maximum absolute atomic E-state index is 14.6. The quantitative estimate of drug-likeness (QED) is 0.277. The summed E-state index contributed by atoms with van der Waals surface area (Å²) in [6.07, 6.45) is 7.98. The molecule has 0 amide bonds. The molecule has 182 valence electrons. The molecule has 3 aromatic rings. The minimum atomic E-state index is -4.11. The van der Waals surface area contributed by atoms with E-state index in [2.05, 4.69) is 44.6 Å². The second-order valence-corrected chi connectivity index (χ2v) is 11.3.